The lowest BCUT2D eigenvalue weighted by atomic mass is 9.80. The van der Waals surface area contributed by atoms with Gasteiger partial charge < -0.3 is 15.0 Å². The molecule has 176 valence electrons. The van der Waals surface area contributed by atoms with Crippen LogP contribution in [0.25, 0.3) is 0 Å². The lowest BCUT2D eigenvalue weighted by Gasteiger charge is -2.39. The highest BCUT2D eigenvalue weighted by atomic mass is 16.5. The van der Waals surface area contributed by atoms with Crippen molar-refractivity contribution in [3.05, 3.63) is 58.9 Å². The van der Waals surface area contributed by atoms with E-state index in [2.05, 4.69) is 21.7 Å². The van der Waals surface area contributed by atoms with Gasteiger partial charge >= 0.3 is 0 Å². The number of hydrogen-bond donors (Lipinski definition) is 2. The number of pyridine rings is 1. The number of nitrogens with one attached hydrogen (secondary N) is 2. The van der Waals surface area contributed by atoms with Crippen molar-refractivity contribution in [1.82, 2.24) is 20.5 Å². The number of nitrogens with zero attached hydrogens (tertiary/aromatic N) is 2. The number of carbonyl (C=O) groups excluding carboxylic acids is 3. The number of fused-ring (bicyclic) bond motifs is 1. The first-order valence-corrected chi connectivity index (χ1v) is 12.2. The van der Waals surface area contributed by atoms with Crippen molar-refractivity contribution in [2.45, 2.75) is 69.2 Å². The van der Waals surface area contributed by atoms with Gasteiger partial charge in [-0.1, -0.05) is 6.07 Å². The molecule has 1 aromatic heterocycles. The van der Waals surface area contributed by atoms with E-state index in [9.17, 15) is 14.4 Å². The van der Waals surface area contributed by atoms with Crippen LogP contribution >= 0.6 is 0 Å². The molecule has 1 saturated carbocycles. The number of hydrogen-bond acceptors (Lipinski definition) is 6. The number of carbonyl (C=O) groups is 3. The van der Waals surface area contributed by atoms with Crippen LogP contribution in [0.1, 0.15) is 77.5 Å². The quantitative estimate of drug-likeness (QED) is 0.666. The third kappa shape index (κ3) is 3.66. The highest BCUT2D eigenvalue weighted by Crippen LogP contribution is 2.44. The van der Waals surface area contributed by atoms with E-state index in [0.717, 1.165) is 41.8 Å². The Bertz CT molecular complexity index is 1140. The summed E-state index contributed by atoms with van der Waals surface area (Å²) in [5.41, 5.74) is 3.65. The number of aromatic nitrogens is 1. The monoisotopic (exact) mass is 460 g/mol. The Balaban J connectivity index is 1.34. The minimum absolute atomic E-state index is 0.0309. The van der Waals surface area contributed by atoms with Gasteiger partial charge in [0.15, 0.2) is 0 Å². The van der Waals surface area contributed by atoms with Gasteiger partial charge in [-0.15, -0.1) is 0 Å². The number of imide groups is 1. The van der Waals surface area contributed by atoms with Crippen LogP contribution in [0.5, 0.6) is 5.75 Å². The summed E-state index contributed by atoms with van der Waals surface area (Å²) in [7, 11) is 0. The average Bonchev–Trinajstić information content (AvgIpc) is 3.42. The van der Waals surface area contributed by atoms with Crippen LogP contribution in [-0.4, -0.2) is 46.3 Å². The molecule has 2 saturated heterocycles. The van der Waals surface area contributed by atoms with Gasteiger partial charge in [-0.05, 0) is 61.4 Å². The van der Waals surface area contributed by atoms with Crippen LogP contribution in [0.15, 0.2) is 36.7 Å². The molecule has 2 N–H and O–H groups in total. The second-order valence-corrected chi connectivity index (χ2v) is 9.75. The molecular weight excluding hydrogens is 432 g/mol. The van der Waals surface area contributed by atoms with Gasteiger partial charge in [0.2, 0.25) is 11.8 Å². The zero-order chi connectivity index (χ0) is 23.2. The Labute approximate surface area is 198 Å². The Morgan fingerprint density at radius 3 is 2.65 bits per heavy atom. The second kappa shape index (κ2) is 8.51. The summed E-state index contributed by atoms with van der Waals surface area (Å²) in [6.07, 6.45) is 8.91. The fourth-order valence-corrected chi connectivity index (χ4v) is 5.73. The van der Waals surface area contributed by atoms with Crippen LogP contribution in [-0.2, 0) is 16.1 Å². The number of ether oxygens (including phenoxy) is 1. The maximum Gasteiger partial charge on any atom is 0.255 e. The molecule has 8 heteroatoms. The van der Waals surface area contributed by atoms with Crippen LogP contribution < -0.4 is 15.4 Å². The molecule has 34 heavy (non-hydrogen) atoms. The van der Waals surface area contributed by atoms with Crippen molar-refractivity contribution in [2.24, 2.45) is 0 Å². The lowest BCUT2D eigenvalue weighted by Crippen LogP contribution is -2.52. The molecule has 1 aliphatic carbocycles. The van der Waals surface area contributed by atoms with Crippen LogP contribution in [0.4, 0.5) is 0 Å². The molecule has 0 radical (unpaired) electrons. The molecule has 3 atom stereocenters. The molecule has 3 unspecified atom stereocenters. The molecule has 4 heterocycles. The summed E-state index contributed by atoms with van der Waals surface area (Å²) in [5, 5.41) is 5.91. The van der Waals surface area contributed by atoms with E-state index in [0.29, 0.717) is 18.5 Å². The smallest absolute Gasteiger partial charge is 0.255 e. The minimum Gasteiger partial charge on any atom is -0.490 e. The second-order valence-electron chi connectivity index (χ2n) is 9.75. The van der Waals surface area contributed by atoms with Crippen molar-refractivity contribution >= 4 is 17.7 Å². The summed E-state index contributed by atoms with van der Waals surface area (Å²) in [4.78, 5) is 43.3. The largest absolute Gasteiger partial charge is 0.490 e. The Kier molecular flexibility index (Phi) is 5.32. The standard InChI is InChI=1S/C26H28N4O4/c31-23-8-7-21(25(32)29-23)30-14-16-10-22(34-17-5-1-2-6-17)19(11-18(16)26(30)33)24-20(13-28-24)15-4-3-9-27-12-15/h3-4,9-12,17,20-21,24,28H,1-2,5-8,13-14H2,(H,29,31,32). The van der Waals surface area contributed by atoms with Gasteiger partial charge in [-0.2, -0.15) is 0 Å². The minimum atomic E-state index is -0.620. The zero-order valence-electron chi connectivity index (χ0n) is 19.0. The fourth-order valence-electron chi connectivity index (χ4n) is 5.73. The van der Waals surface area contributed by atoms with E-state index in [1.54, 1.807) is 11.1 Å². The molecular formula is C26H28N4O4. The van der Waals surface area contributed by atoms with Gasteiger partial charge in [0.05, 0.1) is 6.10 Å². The summed E-state index contributed by atoms with van der Waals surface area (Å²) in [6, 6.07) is 7.42. The molecule has 3 aliphatic heterocycles. The SMILES string of the molecule is O=C1CCC(N2Cc3cc(OC4CCCC4)c(C4NCC4c4cccnc4)cc3C2=O)C(=O)N1. The predicted molar refractivity (Wildman–Crippen MR) is 123 cm³/mol. The molecule has 8 nitrogen and oxygen atoms in total. The summed E-state index contributed by atoms with van der Waals surface area (Å²) < 4.78 is 6.51. The summed E-state index contributed by atoms with van der Waals surface area (Å²) in [6.45, 7) is 1.19. The van der Waals surface area contributed by atoms with E-state index in [-0.39, 0.29) is 36.3 Å². The number of benzene rings is 1. The lowest BCUT2D eigenvalue weighted by molar-refractivity contribution is -0.136. The summed E-state index contributed by atoms with van der Waals surface area (Å²) in [5.74, 6) is 0.250. The molecule has 0 spiro atoms. The van der Waals surface area contributed by atoms with E-state index in [1.165, 1.54) is 12.8 Å². The number of amides is 3. The van der Waals surface area contributed by atoms with Crippen LogP contribution in [0.3, 0.4) is 0 Å². The molecule has 6 rings (SSSR count). The van der Waals surface area contributed by atoms with E-state index in [4.69, 9.17) is 4.74 Å². The van der Waals surface area contributed by atoms with Crippen LogP contribution in [0.2, 0.25) is 0 Å². The number of piperidine rings is 1. The first kappa shape index (κ1) is 21.3. The van der Waals surface area contributed by atoms with E-state index >= 15 is 0 Å². The van der Waals surface area contributed by atoms with Crippen LogP contribution in [0, 0.1) is 0 Å². The van der Waals surface area contributed by atoms with Gasteiger partial charge in [-0.25, -0.2) is 0 Å². The predicted octanol–water partition coefficient (Wildman–Crippen LogP) is 2.59. The zero-order valence-corrected chi connectivity index (χ0v) is 19.0. The molecule has 0 bridgehead atoms. The first-order valence-electron chi connectivity index (χ1n) is 12.2. The van der Waals surface area contributed by atoms with Crippen molar-refractivity contribution < 1.29 is 19.1 Å². The molecule has 3 fully saturated rings. The summed E-state index contributed by atoms with van der Waals surface area (Å²) >= 11 is 0. The van der Waals surface area contributed by atoms with Crippen molar-refractivity contribution in [3.63, 3.8) is 0 Å². The maximum absolute atomic E-state index is 13.4. The van der Waals surface area contributed by atoms with Crippen molar-refractivity contribution in [3.8, 4) is 5.75 Å². The van der Waals surface area contributed by atoms with Gasteiger partial charge in [-0.3, -0.25) is 24.7 Å². The molecule has 1 aromatic carbocycles. The molecule has 3 amide bonds. The van der Waals surface area contributed by atoms with E-state index < -0.39 is 11.9 Å². The van der Waals surface area contributed by atoms with Crippen molar-refractivity contribution in [2.75, 3.05) is 6.54 Å². The van der Waals surface area contributed by atoms with Crippen molar-refractivity contribution in [1.29, 1.82) is 0 Å². The van der Waals surface area contributed by atoms with Gasteiger partial charge in [0.1, 0.15) is 11.8 Å². The highest BCUT2D eigenvalue weighted by molar-refractivity contribution is 6.05. The van der Waals surface area contributed by atoms with Gasteiger partial charge in [0.25, 0.3) is 5.91 Å². The maximum atomic E-state index is 13.4. The normalized spacial score (nSPS) is 26.9. The van der Waals surface area contributed by atoms with E-state index in [1.807, 2.05) is 24.4 Å². The topological polar surface area (TPSA) is 101 Å². The Hall–Kier alpha value is -3.26. The highest BCUT2D eigenvalue weighted by Gasteiger charge is 2.42. The third-order valence-corrected chi connectivity index (χ3v) is 7.66. The Morgan fingerprint density at radius 2 is 1.94 bits per heavy atom. The third-order valence-electron chi connectivity index (χ3n) is 7.66. The average molecular weight is 461 g/mol. The number of rotatable bonds is 5. The molecule has 4 aliphatic rings. The Morgan fingerprint density at radius 1 is 1.09 bits per heavy atom. The van der Waals surface area contributed by atoms with Gasteiger partial charge in [0, 0.05) is 55.0 Å². The molecule has 2 aromatic rings. The fraction of sp³-hybridized carbons (Fsp3) is 0.462. The first-order chi connectivity index (χ1) is 16.6.